The van der Waals surface area contributed by atoms with E-state index >= 15 is 0 Å². The van der Waals surface area contributed by atoms with Crippen LogP contribution in [0, 0.1) is 6.92 Å². The molecule has 0 aromatic heterocycles. The largest absolute Gasteiger partial charge is 0.368 e. The van der Waals surface area contributed by atoms with E-state index in [4.69, 9.17) is 26.8 Å². The van der Waals surface area contributed by atoms with Gasteiger partial charge in [0.2, 0.25) is 5.96 Å². The van der Waals surface area contributed by atoms with Gasteiger partial charge in [0.25, 0.3) is 10.0 Å². The van der Waals surface area contributed by atoms with Crippen molar-refractivity contribution in [1.82, 2.24) is 5.43 Å². The van der Waals surface area contributed by atoms with Crippen LogP contribution in [0.5, 0.6) is 0 Å². The van der Waals surface area contributed by atoms with Gasteiger partial charge in [-0.25, -0.2) is 0 Å². The topological polar surface area (TPSA) is 115 Å². The minimum atomic E-state index is -4.08. The summed E-state index contributed by atoms with van der Waals surface area (Å²) in [6.45, 7) is 2.76. The van der Waals surface area contributed by atoms with Crippen molar-refractivity contribution in [2.45, 2.75) is 23.0 Å². The molecular formula is C18H21ClN4O4S2. The van der Waals surface area contributed by atoms with Crippen LogP contribution in [0.2, 0.25) is 5.02 Å². The Bertz CT molecular complexity index is 981. The average molecular weight is 457 g/mol. The van der Waals surface area contributed by atoms with Crippen molar-refractivity contribution in [1.29, 1.82) is 0 Å². The van der Waals surface area contributed by atoms with Gasteiger partial charge in [-0.05, 0) is 36.8 Å². The van der Waals surface area contributed by atoms with Crippen molar-refractivity contribution in [3.63, 3.8) is 0 Å². The molecule has 1 heterocycles. The van der Waals surface area contributed by atoms with Gasteiger partial charge in [-0.1, -0.05) is 29.8 Å². The van der Waals surface area contributed by atoms with Gasteiger partial charge in [0, 0.05) is 15.7 Å². The Hall–Kier alpha value is -1.98. The Morgan fingerprint density at radius 2 is 1.97 bits per heavy atom. The summed E-state index contributed by atoms with van der Waals surface area (Å²) in [5, 5.41) is 0.459. The second-order valence-corrected chi connectivity index (χ2v) is 9.14. The molecule has 0 unspecified atom stereocenters. The number of benzene rings is 2. The SMILES string of the molecule is Cc1cc(S(=O)(=O)/N=C(/N)NNc2ccccc2)c(SCC2OCCO2)cc1Cl. The van der Waals surface area contributed by atoms with Gasteiger partial charge >= 0.3 is 0 Å². The zero-order chi connectivity index (χ0) is 20.9. The highest BCUT2D eigenvalue weighted by atomic mass is 35.5. The lowest BCUT2D eigenvalue weighted by molar-refractivity contribution is -0.0214. The van der Waals surface area contributed by atoms with Crippen LogP contribution in [0.3, 0.4) is 0 Å². The van der Waals surface area contributed by atoms with Crippen LogP contribution in [-0.2, 0) is 19.5 Å². The maximum atomic E-state index is 12.9. The first-order valence-electron chi connectivity index (χ1n) is 8.69. The number of sulfonamides is 1. The van der Waals surface area contributed by atoms with Crippen LogP contribution < -0.4 is 16.6 Å². The van der Waals surface area contributed by atoms with E-state index in [2.05, 4.69) is 15.2 Å². The van der Waals surface area contributed by atoms with E-state index < -0.39 is 10.0 Å². The normalized spacial score (nSPS) is 15.4. The fourth-order valence-electron chi connectivity index (χ4n) is 2.47. The molecule has 29 heavy (non-hydrogen) atoms. The molecule has 1 fully saturated rings. The van der Waals surface area contributed by atoms with Crippen LogP contribution in [0.25, 0.3) is 0 Å². The van der Waals surface area contributed by atoms with Crippen LogP contribution in [0.4, 0.5) is 5.69 Å². The lowest BCUT2D eigenvalue weighted by Gasteiger charge is -2.13. The Kier molecular flexibility index (Phi) is 7.25. The number of hydrogen-bond acceptors (Lipinski definition) is 6. The maximum absolute atomic E-state index is 12.9. The predicted molar refractivity (Wildman–Crippen MR) is 115 cm³/mol. The molecule has 0 aliphatic carbocycles. The molecule has 0 atom stereocenters. The molecule has 2 aromatic rings. The zero-order valence-corrected chi connectivity index (χ0v) is 18.0. The number of nitrogens with zero attached hydrogens (tertiary/aromatic N) is 1. The molecule has 4 N–H and O–H groups in total. The molecule has 156 valence electrons. The standard InChI is InChI=1S/C18H21ClN4O4S2/c1-12-9-16(15(10-14(12)19)28-11-17-26-7-8-27-17)29(24,25)23-18(20)22-21-13-5-3-2-4-6-13/h2-6,9-10,17,21H,7-8,11H2,1H3,(H3,20,22,23). The highest BCUT2D eigenvalue weighted by Crippen LogP contribution is 2.33. The first-order valence-corrected chi connectivity index (χ1v) is 11.5. The number of rotatable bonds is 7. The summed E-state index contributed by atoms with van der Waals surface area (Å²) in [6.07, 6.45) is -0.388. The minimum Gasteiger partial charge on any atom is -0.368 e. The smallest absolute Gasteiger partial charge is 0.286 e. The number of hydrazine groups is 1. The minimum absolute atomic E-state index is 0.0202. The first-order chi connectivity index (χ1) is 13.8. The Balaban J connectivity index is 1.79. The van der Waals surface area contributed by atoms with E-state index in [1.165, 1.54) is 17.8 Å². The molecule has 0 amide bonds. The fourth-order valence-corrected chi connectivity index (χ4v) is 5.14. The number of aryl methyl sites for hydroxylation is 1. The quantitative estimate of drug-likeness (QED) is 0.252. The fraction of sp³-hybridized carbons (Fsp3) is 0.278. The molecule has 3 rings (SSSR count). The van der Waals surface area contributed by atoms with Gasteiger partial charge in [0.1, 0.15) is 4.90 Å². The van der Waals surface area contributed by atoms with Gasteiger partial charge in [0.15, 0.2) is 6.29 Å². The molecule has 8 nitrogen and oxygen atoms in total. The van der Waals surface area contributed by atoms with E-state index in [0.29, 0.717) is 40.1 Å². The third-order valence-electron chi connectivity index (χ3n) is 3.90. The molecule has 0 spiro atoms. The van der Waals surface area contributed by atoms with E-state index in [9.17, 15) is 8.42 Å². The maximum Gasteiger partial charge on any atom is 0.286 e. The summed E-state index contributed by atoms with van der Waals surface area (Å²) < 4.78 is 40.2. The second kappa shape index (κ2) is 9.68. The Morgan fingerprint density at radius 3 is 2.66 bits per heavy atom. The summed E-state index contributed by atoms with van der Waals surface area (Å²) in [4.78, 5) is 0.471. The molecule has 11 heteroatoms. The number of hydrogen-bond donors (Lipinski definition) is 3. The average Bonchev–Trinajstić information content (AvgIpc) is 3.21. The molecule has 1 aliphatic rings. The van der Waals surface area contributed by atoms with Gasteiger partial charge < -0.3 is 15.2 Å². The van der Waals surface area contributed by atoms with Gasteiger partial charge in [0.05, 0.1) is 18.9 Å². The van der Waals surface area contributed by atoms with E-state index in [-0.39, 0.29) is 17.1 Å². The molecule has 1 aliphatic heterocycles. The number of nitrogens with one attached hydrogen (secondary N) is 2. The summed E-state index contributed by atoms with van der Waals surface area (Å²) in [7, 11) is -4.08. The third-order valence-corrected chi connectivity index (χ3v) is 6.85. The van der Waals surface area contributed by atoms with E-state index in [1.54, 1.807) is 25.1 Å². The molecule has 2 aromatic carbocycles. The van der Waals surface area contributed by atoms with Crippen LogP contribution in [-0.4, -0.2) is 39.6 Å². The van der Waals surface area contributed by atoms with Crippen molar-refractivity contribution in [3.8, 4) is 0 Å². The van der Waals surface area contributed by atoms with Crippen molar-refractivity contribution in [2.75, 3.05) is 24.4 Å². The van der Waals surface area contributed by atoms with Crippen molar-refractivity contribution >= 4 is 45.0 Å². The monoisotopic (exact) mass is 456 g/mol. The van der Waals surface area contributed by atoms with Crippen LogP contribution in [0.15, 0.2) is 56.7 Å². The lowest BCUT2D eigenvalue weighted by atomic mass is 10.2. The highest BCUT2D eigenvalue weighted by molar-refractivity contribution is 8.00. The number of nitrogens with two attached hydrogens (primary N) is 1. The Morgan fingerprint density at radius 1 is 1.28 bits per heavy atom. The Labute approximate surface area is 178 Å². The molecule has 1 saturated heterocycles. The predicted octanol–water partition coefficient (Wildman–Crippen LogP) is 2.73. The van der Waals surface area contributed by atoms with Gasteiger partial charge in [-0.15, -0.1) is 16.2 Å². The molecule has 0 saturated carbocycles. The number of halogens is 1. The second-order valence-electron chi connectivity index (χ2n) is 6.10. The number of ether oxygens (including phenoxy) is 2. The lowest BCUT2D eigenvalue weighted by Crippen LogP contribution is -2.36. The molecular weight excluding hydrogens is 436 g/mol. The highest BCUT2D eigenvalue weighted by Gasteiger charge is 2.23. The summed E-state index contributed by atoms with van der Waals surface area (Å²) >= 11 is 7.47. The zero-order valence-electron chi connectivity index (χ0n) is 15.6. The first kappa shape index (κ1) is 21.7. The van der Waals surface area contributed by atoms with Crippen molar-refractivity contribution in [2.24, 2.45) is 10.1 Å². The van der Waals surface area contributed by atoms with E-state index in [0.717, 1.165) is 0 Å². The molecule has 0 radical (unpaired) electrons. The van der Waals surface area contributed by atoms with E-state index in [1.807, 2.05) is 18.2 Å². The van der Waals surface area contributed by atoms with Gasteiger partial charge in [-0.2, -0.15) is 8.42 Å². The van der Waals surface area contributed by atoms with Gasteiger partial charge in [-0.3, -0.25) is 10.9 Å². The number of para-hydroxylation sites is 1. The number of guanidine groups is 1. The summed E-state index contributed by atoms with van der Waals surface area (Å²) in [5.41, 5.74) is 12.4. The number of thioether (sulfide) groups is 1. The van der Waals surface area contributed by atoms with Crippen LogP contribution in [0.1, 0.15) is 5.56 Å². The summed E-state index contributed by atoms with van der Waals surface area (Å²) in [6, 6.07) is 12.2. The third kappa shape index (κ3) is 6.00. The van der Waals surface area contributed by atoms with Crippen LogP contribution >= 0.6 is 23.4 Å². The van der Waals surface area contributed by atoms with Crippen molar-refractivity contribution in [3.05, 3.63) is 53.1 Å². The summed E-state index contributed by atoms with van der Waals surface area (Å²) in [5.74, 6) is 0.134. The molecule has 0 bridgehead atoms. The van der Waals surface area contributed by atoms with Crippen molar-refractivity contribution < 1.29 is 17.9 Å². The number of anilines is 1.